The van der Waals surface area contributed by atoms with Crippen LogP contribution in [0.1, 0.15) is 5.56 Å². The third kappa shape index (κ3) is 3.80. The molecule has 2 unspecified atom stereocenters. The maximum atomic E-state index is 13.5. The SMILES string of the molecule is Cl.OC1CNCC1CNCc1cccc(Cl)c1F. The summed E-state index contributed by atoms with van der Waals surface area (Å²) in [6.07, 6.45) is -0.313. The summed E-state index contributed by atoms with van der Waals surface area (Å²) < 4.78 is 13.5. The summed E-state index contributed by atoms with van der Waals surface area (Å²) in [4.78, 5) is 0. The van der Waals surface area contributed by atoms with E-state index in [0.717, 1.165) is 6.54 Å². The zero-order valence-electron chi connectivity index (χ0n) is 9.83. The molecule has 1 aliphatic rings. The Morgan fingerprint density at radius 2 is 2.22 bits per heavy atom. The Balaban J connectivity index is 0.00000162. The number of hydrogen-bond donors (Lipinski definition) is 3. The Labute approximate surface area is 117 Å². The van der Waals surface area contributed by atoms with E-state index in [-0.39, 0.29) is 35.3 Å². The Bertz CT molecular complexity index is 392. The van der Waals surface area contributed by atoms with Crippen LogP contribution in [0.3, 0.4) is 0 Å². The van der Waals surface area contributed by atoms with Crippen molar-refractivity contribution in [3.8, 4) is 0 Å². The van der Waals surface area contributed by atoms with E-state index in [1.54, 1.807) is 12.1 Å². The summed E-state index contributed by atoms with van der Waals surface area (Å²) in [6, 6.07) is 4.97. The molecule has 1 saturated heterocycles. The molecule has 0 amide bonds. The molecule has 1 fully saturated rings. The number of β-amino-alcohol motifs (C(OH)–C–C–N with tert-alkyl or cyclic N) is 1. The Morgan fingerprint density at radius 1 is 1.44 bits per heavy atom. The minimum Gasteiger partial charge on any atom is -0.391 e. The second-order valence-corrected chi connectivity index (χ2v) is 4.74. The number of aliphatic hydroxyl groups is 1. The summed E-state index contributed by atoms with van der Waals surface area (Å²) >= 11 is 5.69. The maximum Gasteiger partial charge on any atom is 0.146 e. The van der Waals surface area contributed by atoms with Crippen LogP contribution >= 0.6 is 24.0 Å². The lowest BCUT2D eigenvalue weighted by atomic mass is 10.1. The first-order chi connectivity index (χ1) is 8.18. The predicted molar refractivity (Wildman–Crippen MR) is 72.7 cm³/mol. The minimum absolute atomic E-state index is 0. The summed E-state index contributed by atoms with van der Waals surface area (Å²) in [5.74, 6) is -0.177. The molecule has 18 heavy (non-hydrogen) atoms. The first kappa shape index (κ1) is 15.7. The van der Waals surface area contributed by atoms with Gasteiger partial charge in [0.25, 0.3) is 0 Å². The molecule has 1 aromatic rings. The van der Waals surface area contributed by atoms with E-state index in [4.69, 9.17) is 11.6 Å². The molecule has 2 atom stereocenters. The topological polar surface area (TPSA) is 44.3 Å². The molecule has 1 aromatic carbocycles. The third-order valence-corrected chi connectivity index (χ3v) is 3.35. The van der Waals surface area contributed by atoms with Crippen molar-refractivity contribution in [1.82, 2.24) is 10.6 Å². The fourth-order valence-electron chi connectivity index (χ4n) is 2.00. The summed E-state index contributed by atoms with van der Waals surface area (Å²) in [6.45, 7) is 2.53. The van der Waals surface area contributed by atoms with E-state index in [0.29, 0.717) is 25.2 Å². The van der Waals surface area contributed by atoms with Crippen molar-refractivity contribution in [2.45, 2.75) is 12.6 Å². The molecule has 102 valence electrons. The number of nitrogens with one attached hydrogen (secondary N) is 2. The van der Waals surface area contributed by atoms with E-state index < -0.39 is 0 Å². The first-order valence-electron chi connectivity index (χ1n) is 5.71. The van der Waals surface area contributed by atoms with Crippen molar-refractivity contribution in [2.24, 2.45) is 5.92 Å². The quantitative estimate of drug-likeness (QED) is 0.790. The highest BCUT2D eigenvalue weighted by molar-refractivity contribution is 6.30. The van der Waals surface area contributed by atoms with Crippen LogP contribution in [-0.4, -0.2) is 30.8 Å². The fraction of sp³-hybridized carbons (Fsp3) is 0.500. The summed E-state index contributed by atoms with van der Waals surface area (Å²) in [5, 5.41) is 16.0. The van der Waals surface area contributed by atoms with Crippen LogP contribution in [0.25, 0.3) is 0 Å². The molecule has 3 N–H and O–H groups in total. The lowest BCUT2D eigenvalue weighted by Crippen LogP contribution is -2.30. The molecular weight excluding hydrogens is 278 g/mol. The zero-order chi connectivity index (χ0) is 12.3. The number of halogens is 3. The van der Waals surface area contributed by atoms with Gasteiger partial charge in [0.05, 0.1) is 11.1 Å². The van der Waals surface area contributed by atoms with E-state index in [9.17, 15) is 9.50 Å². The normalized spacial score (nSPS) is 22.8. The van der Waals surface area contributed by atoms with Gasteiger partial charge in [-0.3, -0.25) is 0 Å². The van der Waals surface area contributed by atoms with Gasteiger partial charge in [0.1, 0.15) is 5.82 Å². The molecule has 0 spiro atoms. The molecule has 3 nitrogen and oxygen atoms in total. The van der Waals surface area contributed by atoms with Crippen LogP contribution in [0, 0.1) is 11.7 Å². The van der Waals surface area contributed by atoms with Crippen molar-refractivity contribution >= 4 is 24.0 Å². The summed E-state index contributed by atoms with van der Waals surface area (Å²) in [7, 11) is 0. The van der Waals surface area contributed by atoms with Crippen LogP contribution < -0.4 is 10.6 Å². The van der Waals surface area contributed by atoms with E-state index >= 15 is 0 Å². The van der Waals surface area contributed by atoms with E-state index in [1.165, 1.54) is 6.07 Å². The Kier molecular flexibility index (Phi) is 6.32. The number of rotatable bonds is 4. The van der Waals surface area contributed by atoms with Crippen molar-refractivity contribution in [2.75, 3.05) is 19.6 Å². The largest absolute Gasteiger partial charge is 0.391 e. The number of benzene rings is 1. The number of aliphatic hydroxyl groups excluding tert-OH is 1. The lowest BCUT2D eigenvalue weighted by molar-refractivity contribution is 0.146. The van der Waals surface area contributed by atoms with Crippen molar-refractivity contribution in [3.05, 3.63) is 34.6 Å². The highest BCUT2D eigenvalue weighted by Gasteiger charge is 2.24. The summed E-state index contributed by atoms with van der Waals surface area (Å²) in [5.41, 5.74) is 0.554. The average Bonchev–Trinajstić information content (AvgIpc) is 2.71. The van der Waals surface area contributed by atoms with Gasteiger partial charge in [-0.2, -0.15) is 0 Å². The van der Waals surface area contributed by atoms with Gasteiger partial charge in [0.15, 0.2) is 0 Å². The second kappa shape index (κ2) is 7.26. The fourth-order valence-corrected chi connectivity index (χ4v) is 2.20. The molecule has 0 aromatic heterocycles. The average molecular weight is 295 g/mol. The van der Waals surface area contributed by atoms with Crippen molar-refractivity contribution in [1.29, 1.82) is 0 Å². The van der Waals surface area contributed by atoms with Crippen LogP contribution in [-0.2, 0) is 6.54 Å². The van der Waals surface area contributed by atoms with Crippen LogP contribution in [0.4, 0.5) is 4.39 Å². The highest BCUT2D eigenvalue weighted by atomic mass is 35.5. The Hall–Kier alpha value is -0.390. The van der Waals surface area contributed by atoms with Gasteiger partial charge < -0.3 is 15.7 Å². The van der Waals surface area contributed by atoms with E-state index in [1.807, 2.05) is 0 Å². The standard InChI is InChI=1S/C12H16ClFN2O.ClH/c13-10-3-1-2-8(12(10)14)4-15-5-9-6-16-7-11(9)17;/h1-3,9,11,15-17H,4-7H2;1H. The predicted octanol–water partition coefficient (Wildman–Crippen LogP) is 1.57. The first-order valence-corrected chi connectivity index (χ1v) is 6.08. The monoisotopic (exact) mass is 294 g/mol. The molecule has 1 heterocycles. The molecule has 0 aliphatic carbocycles. The van der Waals surface area contributed by atoms with Gasteiger partial charge in [0, 0.05) is 37.7 Å². The molecule has 0 saturated carbocycles. The van der Waals surface area contributed by atoms with Crippen LogP contribution in [0.5, 0.6) is 0 Å². The molecular formula is C12H17Cl2FN2O. The third-order valence-electron chi connectivity index (χ3n) is 3.06. The smallest absolute Gasteiger partial charge is 0.146 e. The van der Waals surface area contributed by atoms with Gasteiger partial charge in [-0.25, -0.2) is 4.39 Å². The highest BCUT2D eigenvalue weighted by Crippen LogP contribution is 2.17. The van der Waals surface area contributed by atoms with Crippen LogP contribution in [0.15, 0.2) is 18.2 Å². The van der Waals surface area contributed by atoms with Crippen molar-refractivity contribution < 1.29 is 9.50 Å². The van der Waals surface area contributed by atoms with Gasteiger partial charge in [0.2, 0.25) is 0 Å². The second-order valence-electron chi connectivity index (χ2n) is 4.33. The lowest BCUT2D eigenvalue weighted by Gasteiger charge is -2.14. The van der Waals surface area contributed by atoms with Gasteiger partial charge in [-0.15, -0.1) is 12.4 Å². The molecule has 0 bridgehead atoms. The zero-order valence-corrected chi connectivity index (χ0v) is 11.4. The number of hydrogen-bond acceptors (Lipinski definition) is 3. The Morgan fingerprint density at radius 3 is 2.89 bits per heavy atom. The minimum atomic E-state index is -0.369. The van der Waals surface area contributed by atoms with Crippen LogP contribution in [0.2, 0.25) is 5.02 Å². The maximum absolute atomic E-state index is 13.5. The van der Waals surface area contributed by atoms with Gasteiger partial charge in [-0.05, 0) is 6.07 Å². The molecule has 2 rings (SSSR count). The molecule has 0 radical (unpaired) electrons. The van der Waals surface area contributed by atoms with Crippen molar-refractivity contribution in [3.63, 3.8) is 0 Å². The van der Waals surface area contributed by atoms with Gasteiger partial charge in [-0.1, -0.05) is 23.7 Å². The van der Waals surface area contributed by atoms with Gasteiger partial charge >= 0.3 is 0 Å². The molecule has 6 heteroatoms. The molecule has 1 aliphatic heterocycles. The van der Waals surface area contributed by atoms with E-state index in [2.05, 4.69) is 10.6 Å².